The van der Waals surface area contributed by atoms with Crippen LogP contribution >= 0.6 is 0 Å². The summed E-state index contributed by atoms with van der Waals surface area (Å²) in [4.78, 5) is 22.5. The second kappa shape index (κ2) is 3.44. The molecule has 0 aliphatic carbocycles. The molecule has 1 N–H and O–H groups in total. The molecule has 2 rings (SSSR count). The van der Waals surface area contributed by atoms with Crippen molar-refractivity contribution in [1.82, 2.24) is 0 Å². The van der Waals surface area contributed by atoms with Gasteiger partial charge in [-0.3, -0.25) is 4.79 Å². The minimum absolute atomic E-state index is 0.0365. The van der Waals surface area contributed by atoms with Crippen LogP contribution in [-0.2, 0) is 0 Å². The van der Waals surface area contributed by atoms with Gasteiger partial charge in [-0.05, 0) is 25.1 Å². The largest absolute Gasteiger partial charge is 0.475 e. The van der Waals surface area contributed by atoms with Gasteiger partial charge < -0.3 is 9.52 Å². The second-order valence-corrected chi connectivity index (χ2v) is 3.33. The van der Waals surface area contributed by atoms with E-state index in [0.29, 0.717) is 0 Å². The summed E-state index contributed by atoms with van der Waals surface area (Å²) in [5.41, 5.74) is -0.502. The van der Waals surface area contributed by atoms with Crippen molar-refractivity contribution in [3.8, 4) is 0 Å². The van der Waals surface area contributed by atoms with Gasteiger partial charge in [0.1, 0.15) is 11.4 Å². The third-order valence-corrected chi connectivity index (χ3v) is 2.27. The number of fused-ring (bicyclic) bond motifs is 1. The topological polar surface area (TPSA) is 67.5 Å². The number of hydrogen-bond donors (Lipinski definition) is 1. The van der Waals surface area contributed by atoms with Crippen molar-refractivity contribution in [3.05, 3.63) is 45.6 Å². The van der Waals surface area contributed by atoms with Gasteiger partial charge >= 0.3 is 5.97 Å². The van der Waals surface area contributed by atoms with E-state index in [1.807, 2.05) is 0 Å². The lowest BCUT2D eigenvalue weighted by Crippen LogP contribution is -2.12. The Kier molecular flexibility index (Phi) is 2.23. The lowest BCUT2D eigenvalue weighted by molar-refractivity contribution is 0.0661. The van der Waals surface area contributed by atoms with Crippen molar-refractivity contribution in [2.45, 2.75) is 6.92 Å². The van der Waals surface area contributed by atoms with E-state index in [2.05, 4.69) is 0 Å². The summed E-state index contributed by atoms with van der Waals surface area (Å²) in [6, 6.07) is 3.37. The zero-order valence-corrected chi connectivity index (χ0v) is 8.28. The Morgan fingerprint density at radius 1 is 1.44 bits per heavy atom. The standard InChI is InChI=1S/C11H7FO4/c1-5-9(13)7-4-6(12)2-3-8(7)16-10(5)11(14)15/h2-4H,1H3,(H,14,15). The monoisotopic (exact) mass is 222 g/mol. The van der Waals surface area contributed by atoms with E-state index in [0.717, 1.165) is 12.1 Å². The molecular formula is C11H7FO4. The summed E-state index contributed by atoms with van der Waals surface area (Å²) in [6.45, 7) is 1.33. The molecule has 1 aromatic carbocycles. The van der Waals surface area contributed by atoms with Gasteiger partial charge in [0.2, 0.25) is 5.76 Å². The first-order valence-corrected chi connectivity index (χ1v) is 4.47. The molecule has 1 aromatic heterocycles. The quantitative estimate of drug-likeness (QED) is 0.800. The fourth-order valence-electron chi connectivity index (χ4n) is 1.46. The maximum absolute atomic E-state index is 12.9. The normalized spacial score (nSPS) is 10.6. The third kappa shape index (κ3) is 1.46. The molecule has 2 aromatic rings. The van der Waals surface area contributed by atoms with Crippen molar-refractivity contribution < 1.29 is 18.7 Å². The molecule has 0 spiro atoms. The van der Waals surface area contributed by atoms with E-state index in [4.69, 9.17) is 9.52 Å². The van der Waals surface area contributed by atoms with Crippen molar-refractivity contribution in [2.75, 3.05) is 0 Å². The highest BCUT2D eigenvalue weighted by Crippen LogP contribution is 2.16. The fourth-order valence-corrected chi connectivity index (χ4v) is 1.46. The molecular weight excluding hydrogens is 215 g/mol. The van der Waals surface area contributed by atoms with Gasteiger partial charge in [-0.15, -0.1) is 0 Å². The van der Waals surface area contributed by atoms with Crippen LogP contribution in [0.4, 0.5) is 4.39 Å². The molecule has 1 heterocycles. The first-order chi connectivity index (χ1) is 7.50. The highest BCUT2D eigenvalue weighted by molar-refractivity contribution is 5.89. The van der Waals surface area contributed by atoms with Crippen LogP contribution in [-0.4, -0.2) is 11.1 Å². The maximum Gasteiger partial charge on any atom is 0.372 e. The lowest BCUT2D eigenvalue weighted by Gasteiger charge is -2.02. The van der Waals surface area contributed by atoms with Gasteiger partial charge in [-0.1, -0.05) is 0 Å². The van der Waals surface area contributed by atoms with E-state index in [-0.39, 0.29) is 16.5 Å². The number of carboxylic acids is 1. The number of benzene rings is 1. The van der Waals surface area contributed by atoms with Gasteiger partial charge in [0.15, 0.2) is 5.43 Å². The van der Waals surface area contributed by atoms with Crippen LogP contribution in [0.5, 0.6) is 0 Å². The van der Waals surface area contributed by atoms with Crippen LogP contribution in [0.1, 0.15) is 16.1 Å². The molecule has 0 atom stereocenters. The molecule has 0 aliphatic rings. The Morgan fingerprint density at radius 3 is 2.75 bits per heavy atom. The van der Waals surface area contributed by atoms with Crippen LogP contribution in [0.15, 0.2) is 27.4 Å². The summed E-state index contributed by atoms with van der Waals surface area (Å²) in [5.74, 6) is -2.30. The van der Waals surface area contributed by atoms with Gasteiger partial charge in [-0.25, -0.2) is 9.18 Å². The zero-order valence-electron chi connectivity index (χ0n) is 8.28. The van der Waals surface area contributed by atoms with Crippen LogP contribution in [0.3, 0.4) is 0 Å². The lowest BCUT2D eigenvalue weighted by atomic mass is 10.1. The van der Waals surface area contributed by atoms with Crippen LogP contribution < -0.4 is 5.43 Å². The van der Waals surface area contributed by atoms with Gasteiger partial charge in [0.05, 0.1) is 5.39 Å². The molecule has 0 fully saturated rings. The molecule has 82 valence electrons. The summed E-state index contributed by atoms with van der Waals surface area (Å²) in [6.07, 6.45) is 0. The number of halogens is 1. The summed E-state index contributed by atoms with van der Waals surface area (Å²) in [5, 5.41) is 8.84. The smallest absolute Gasteiger partial charge is 0.372 e. The molecule has 0 radical (unpaired) electrons. The number of carbonyl (C=O) groups is 1. The second-order valence-electron chi connectivity index (χ2n) is 3.33. The van der Waals surface area contributed by atoms with Crippen LogP contribution in [0.2, 0.25) is 0 Å². The summed E-state index contributed by atoms with van der Waals surface area (Å²) >= 11 is 0. The average molecular weight is 222 g/mol. The zero-order chi connectivity index (χ0) is 11.9. The highest BCUT2D eigenvalue weighted by Gasteiger charge is 2.16. The number of rotatable bonds is 1. The van der Waals surface area contributed by atoms with Crippen molar-refractivity contribution in [2.24, 2.45) is 0 Å². The van der Waals surface area contributed by atoms with Gasteiger partial charge in [0, 0.05) is 5.56 Å². The number of aromatic carboxylic acids is 1. The predicted octanol–water partition coefficient (Wildman–Crippen LogP) is 1.94. The van der Waals surface area contributed by atoms with Crippen LogP contribution in [0, 0.1) is 12.7 Å². The van der Waals surface area contributed by atoms with Crippen molar-refractivity contribution in [1.29, 1.82) is 0 Å². The maximum atomic E-state index is 12.9. The predicted molar refractivity (Wildman–Crippen MR) is 54.1 cm³/mol. The molecule has 16 heavy (non-hydrogen) atoms. The van der Waals surface area contributed by atoms with E-state index in [1.165, 1.54) is 13.0 Å². The van der Waals surface area contributed by atoms with Crippen molar-refractivity contribution in [3.63, 3.8) is 0 Å². The number of carboxylic acid groups (broad SMARTS) is 1. The van der Waals surface area contributed by atoms with E-state index in [1.54, 1.807) is 0 Å². The van der Waals surface area contributed by atoms with E-state index < -0.39 is 23.0 Å². The molecule has 5 heteroatoms. The van der Waals surface area contributed by atoms with Crippen molar-refractivity contribution >= 4 is 16.9 Å². The van der Waals surface area contributed by atoms with E-state index in [9.17, 15) is 14.0 Å². The SMILES string of the molecule is Cc1c(C(=O)O)oc2ccc(F)cc2c1=O. The minimum atomic E-state index is -1.32. The summed E-state index contributed by atoms with van der Waals surface area (Å²) in [7, 11) is 0. The Balaban J connectivity index is 2.94. The Morgan fingerprint density at radius 2 is 2.12 bits per heavy atom. The fraction of sp³-hybridized carbons (Fsp3) is 0.0909. The molecule has 0 amide bonds. The highest BCUT2D eigenvalue weighted by atomic mass is 19.1. The Hall–Kier alpha value is -2.17. The molecule has 0 bridgehead atoms. The number of hydrogen-bond acceptors (Lipinski definition) is 3. The molecule has 0 saturated carbocycles. The summed E-state index contributed by atoms with van der Waals surface area (Å²) < 4.78 is 17.9. The van der Waals surface area contributed by atoms with Gasteiger partial charge in [0.25, 0.3) is 0 Å². The average Bonchev–Trinajstić information content (AvgIpc) is 2.23. The molecule has 4 nitrogen and oxygen atoms in total. The first-order valence-electron chi connectivity index (χ1n) is 4.47. The van der Waals surface area contributed by atoms with Gasteiger partial charge in [-0.2, -0.15) is 0 Å². The molecule has 0 aliphatic heterocycles. The molecule has 0 saturated heterocycles. The first kappa shape index (κ1) is 10.4. The van der Waals surface area contributed by atoms with E-state index >= 15 is 0 Å². The van der Waals surface area contributed by atoms with Crippen LogP contribution in [0.25, 0.3) is 11.0 Å². The Labute approximate surface area is 88.9 Å². The Bertz CT molecular complexity index is 642. The third-order valence-electron chi connectivity index (χ3n) is 2.27. The minimum Gasteiger partial charge on any atom is -0.475 e. The molecule has 0 unspecified atom stereocenters.